The van der Waals surface area contributed by atoms with E-state index >= 15 is 0 Å². The van der Waals surface area contributed by atoms with Crippen molar-refractivity contribution in [2.45, 2.75) is 9.99 Å². The van der Waals surface area contributed by atoms with Gasteiger partial charge in [0.25, 0.3) is 11.1 Å². The second kappa shape index (κ2) is 11.4. The van der Waals surface area contributed by atoms with Crippen molar-refractivity contribution in [2.75, 3.05) is 37.6 Å². The number of carbonyl (C=O) groups is 3. The Hall–Kier alpha value is -2.66. The van der Waals surface area contributed by atoms with Gasteiger partial charge in [-0.3, -0.25) is 19.3 Å². The number of imide groups is 1. The molecule has 3 heterocycles. The quantitative estimate of drug-likeness (QED) is 0.303. The fourth-order valence-electron chi connectivity index (χ4n) is 3.97. The van der Waals surface area contributed by atoms with Gasteiger partial charge in [-0.25, -0.2) is 0 Å². The van der Waals surface area contributed by atoms with Crippen molar-refractivity contribution in [3.8, 4) is 0 Å². The largest absolute Gasteiger partial charge is 0.449 e. The molecule has 3 aromatic rings. The summed E-state index contributed by atoms with van der Waals surface area (Å²) in [6.07, 6.45) is 1.53. The Morgan fingerprint density at radius 2 is 1.76 bits per heavy atom. The normalized spacial score (nSPS) is 17.2. The van der Waals surface area contributed by atoms with Crippen molar-refractivity contribution in [3.05, 3.63) is 80.8 Å². The lowest BCUT2D eigenvalue weighted by atomic mass is 10.2. The number of thioether (sulfide) groups is 1. The van der Waals surface area contributed by atoms with Crippen molar-refractivity contribution in [3.63, 3.8) is 0 Å². The maximum atomic E-state index is 13.0. The standard InChI is InChI=1S/C26H21BrClN3O4S2/c27-21-14-19(35-25(21)36-20-8-6-17(28)7-9-20)15-22-24(33)31(26(34)37-22)16-23(32)30-12-10-29(11-13-30)18-4-2-1-3-5-18/h1-9,14-15H,10-13,16H2/b22-15+. The molecule has 3 amide bonds. The molecule has 0 atom stereocenters. The highest BCUT2D eigenvalue weighted by atomic mass is 79.9. The molecule has 2 aromatic carbocycles. The number of para-hydroxylation sites is 1. The second-order valence-corrected chi connectivity index (χ2v) is 11.6. The maximum absolute atomic E-state index is 13.0. The van der Waals surface area contributed by atoms with E-state index < -0.39 is 11.1 Å². The molecule has 2 saturated heterocycles. The number of hydrogen-bond donors (Lipinski definition) is 0. The minimum absolute atomic E-state index is 0.219. The van der Waals surface area contributed by atoms with Crippen LogP contribution in [0.1, 0.15) is 5.76 Å². The van der Waals surface area contributed by atoms with Gasteiger partial charge in [0.1, 0.15) is 12.3 Å². The van der Waals surface area contributed by atoms with Crippen molar-refractivity contribution in [1.29, 1.82) is 0 Å². The zero-order valence-electron chi connectivity index (χ0n) is 19.4. The van der Waals surface area contributed by atoms with Crippen LogP contribution in [0.15, 0.2) is 84.4 Å². The Balaban J connectivity index is 1.20. The van der Waals surface area contributed by atoms with Crippen molar-refractivity contribution in [1.82, 2.24) is 9.80 Å². The topological polar surface area (TPSA) is 74.1 Å². The predicted molar refractivity (Wildman–Crippen MR) is 150 cm³/mol. The van der Waals surface area contributed by atoms with Crippen LogP contribution in [0.25, 0.3) is 6.08 Å². The smallest absolute Gasteiger partial charge is 0.294 e. The van der Waals surface area contributed by atoms with Gasteiger partial charge in [0.05, 0.1) is 9.38 Å². The number of hydrogen-bond acceptors (Lipinski definition) is 7. The van der Waals surface area contributed by atoms with Crippen LogP contribution in [0.5, 0.6) is 0 Å². The molecular formula is C26H21BrClN3O4S2. The Labute approximate surface area is 235 Å². The Morgan fingerprint density at radius 3 is 2.46 bits per heavy atom. The van der Waals surface area contributed by atoms with Crippen LogP contribution in [0.2, 0.25) is 5.02 Å². The minimum Gasteiger partial charge on any atom is -0.449 e. The molecule has 2 aliphatic heterocycles. The molecule has 0 aliphatic carbocycles. The molecule has 5 rings (SSSR count). The van der Waals surface area contributed by atoms with Crippen LogP contribution in [0, 0.1) is 0 Å². The van der Waals surface area contributed by atoms with Gasteiger partial charge in [0.2, 0.25) is 5.91 Å². The summed E-state index contributed by atoms with van der Waals surface area (Å²) in [6, 6.07) is 19.1. The highest BCUT2D eigenvalue weighted by Crippen LogP contribution is 2.38. The van der Waals surface area contributed by atoms with Crippen molar-refractivity contribution < 1.29 is 18.8 Å². The molecular weight excluding hydrogens is 598 g/mol. The third-order valence-corrected chi connectivity index (χ3v) is 8.90. The van der Waals surface area contributed by atoms with E-state index in [1.807, 2.05) is 42.5 Å². The summed E-state index contributed by atoms with van der Waals surface area (Å²) in [6.45, 7) is 2.19. The summed E-state index contributed by atoms with van der Waals surface area (Å²) in [5.74, 6) is -0.304. The lowest BCUT2D eigenvalue weighted by Gasteiger charge is -2.36. The van der Waals surface area contributed by atoms with Crippen LogP contribution >= 0.6 is 51.1 Å². The summed E-state index contributed by atoms with van der Waals surface area (Å²) in [4.78, 5) is 44.5. The molecule has 0 N–H and O–H groups in total. The average Bonchev–Trinajstić information content (AvgIpc) is 3.38. The van der Waals surface area contributed by atoms with Gasteiger partial charge in [-0.15, -0.1) is 0 Å². The molecule has 37 heavy (non-hydrogen) atoms. The number of piperazine rings is 1. The van der Waals surface area contributed by atoms with Gasteiger partial charge in [0, 0.05) is 47.9 Å². The zero-order chi connectivity index (χ0) is 25.9. The predicted octanol–water partition coefficient (Wildman–Crippen LogP) is 6.23. The SMILES string of the molecule is O=C(CN1C(=O)S/C(=C/c2cc(Br)c(Sc3ccc(Cl)cc3)o2)C1=O)N1CCN(c2ccccc2)CC1. The Kier molecular flexibility index (Phi) is 7.99. The van der Waals surface area contributed by atoms with Crippen LogP contribution in [-0.2, 0) is 9.59 Å². The highest BCUT2D eigenvalue weighted by molar-refractivity contribution is 9.10. The van der Waals surface area contributed by atoms with E-state index in [1.54, 1.807) is 23.1 Å². The summed E-state index contributed by atoms with van der Waals surface area (Å²) < 4.78 is 6.61. The number of halogens is 2. The third kappa shape index (κ3) is 6.09. The molecule has 2 fully saturated rings. The number of nitrogens with zero attached hydrogens (tertiary/aromatic N) is 3. The highest BCUT2D eigenvalue weighted by Gasteiger charge is 2.37. The molecule has 7 nitrogen and oxygen atoms in total. The molecule has 1 aromatic heterocycles. The first-order valence-corrected chi connectivity index (χ1v) is 14.2. The van der Waals surface area contributed by atoms with Gasteiger partial charge >= 0.3 is 0 Å². The van der Waals surface area contributed by atoms with Crippen LogP contribution in [0.3, 0.4) is 0 Å². The van der Waals surface area contributed by atoms with E-state index in [1.165, 1.54) is 17.8 Å². The van der Waals surface area contributed by atoms with Crippen LogP contribution in [0.4, 0.5) is 10.5 Å². The number of benzene rings is 2. The van der Waals surface area contributed by atoms with Gasteiger partial charge in [-0.05, 0) is 70.2 Å². The number of anilines is 1. The van der Waals surface area contributed by atoms with Crippen LogP contribution in [-0.4, -0.2) is 59.6 Å². The van der Waals surface area contributed by atoms with Gasteiger partial charge in [-0.2, -0.15) is 0 Å². The van der Waals surface area contributed by atoms with E-state index in [9.17, 15) is 14.4 Å². The molecule has 2 aliphatic rings. The monoisotopic (exact) mass is 617 g/mol. The first-order chi connectivity index (χ1) is 17.9. The number of carbonyl (C=O) groups excluding carboxylic acids is 3. The number of rotatable bonds is 6. The maximum Gasteiger partial charge on any atom is 0.294 e. The van der Waals surface area contributed by atoms with E-state index in [0.29, 0.717) is 42.1 Å². The van der Waals surface area contributed by atoms with E-state index in [0.717, 1.165) is 31.7 Å². The van der Waals surface area contributed by atoms with Gasteiger partial charge in [-0.1, -0.05) is 41.6 Å². The molecule has 11 heteroatoms. The summed E-state index contributed by atoms with van der Waals surface area (Å²) >= 11 is 11.6. The Morgan fingerprint density at radius 1 is 1.05 bits per heavy atom. The lowest BCUT2D eigenvalue weighted by molar-refractivity contribution is -0.136. The fourth-order valence-corrected chi connectivity index (χ4v) is 6.25. The number of furan rings is 1. The summed E-state index contributed by atoms with van der Waals surface area (Å²) in [5.41, 5.74) is 1.12. The number of amides is 3. The van der Waals surface area contributed by atoms with Gasteiger partial charge < -0.3 is 14.2 Å². The van der Waals surface area contributed by atoms with Gasteiger partial charge in [0.15, 0.2) is 5.09 Å². The molecule has 0 unspecified atom stereocenters. The van der Waals surface area contributed by atoms with Crippen molar-refractivity contribution in [2.24, 2.45) is 0 Å². The minimum atomic E-state index is -0.495. The summed E-state index contributed by atoms with van der Waals surface area (Å²) in [7, 11) is 0. The van der Waals surface area contributed by atoms with E-state index in [4.69, 9.17) is 16.0 Å². The fraction of sp³-hybridized carbons (Fsp3) is 0.192. The Bertz CT molecular complexity index is 1360. The summed E-state index contributed by atoms with van der Waals surface area (Å²) in [5, 5.41) is 0.790. The third-order valence-electron chi connectivity index (χ3n) is 5.89. The van der Waals surface area contributed by atoms with Crippen LogP contribution < -0.4 is 4.90 Å². The van der Waals surface area contributed by atoms with E-state index in [-0.39, 0.29) is 17.4 Å². The van der Waals surface area contributed by atoms with Crippen molar-refractivity contribution >= 4 is 79.9 Å². The molecule has 0 spiro atoms. The lowest BCUT2D eigenvalue weighted by Crippen LogP contribution is -2.51. The zero-order valence-corrected chi connectivity index (χ0v) is 23.4. The molecule has 0 bridgehead atoms. The first-order valence-electron chi connectivity index (χ1n) is 11.4. The van der Waals surface area contributed by atoms with E-state index in [2.05, 4.69) is 20.8 Å². The first kappa shape index (κ1) is 26.0. The molecule has 190 valence electrons. The second-order valence-electron chi connectivity index (χ2n) is 8.31. The molecule has 0 radical (unpaired) electrons. The molecule has 0 saturated carbocycles. The average molecular weight is 619 g/mol.